The van der Waals surface area contributed by atoms with E-state index in [2.05, 4.69) is 26.1 Å². The molecule has 1 aliphatic heterocycles. The van der Waals surface area contributed by atoms with Gasteiger partial charge in [0.15, 0.2) is 5.69 Å². The number of nitrogens with one attached hydrogen (secondary N) is 3. The van der Waals surface area contributed by atoms with Gasteiger partial charge in [0.05, 0.1) is 25.7 Å². The molecule has 11 nitrogen and oxygen atoms in total. The smallest absolute Gasteiger partial charge is 0.318 e. The minimum Gasteiger partial charge on any atom is -0.382 e. The van der Waals surface area contributed by atoms with Gasteiger partial charge in [-0.2, -0.15) is 0 Å². The molecular formula is C26H28F2N6O5. The third-order valence-electron chi connectivity index (χ3n) is 6.19. The van der Waals surface area contributed by atoms with E-state index in [1.54, 1.807) is 37.3 Å². The number of carbonyl (C=O) groups excluding carboxylic acids is 3. The molecule has 0 aliphatic carbocycles. The van der Waals surface area contributed by atoms with Crippen molar-refractivity contribution in [3.05, 3.63) is 76.8 Å². The van der Waals surface area contributed by atoms with E-state index >= 15 is 0 Å². The highest BCUT2D eigenvalue weighted by molar-refractivity contribution is 6.01. The summed E-state index contributed by atoms with van der Waals surface area (Å²) in [4.78, 5) is 43.9. The van der Waals surface area contributed by atoms with Crippen LogP contribution in [0.25, 0.3) is 0 Å². The molecule has 0 bridgehead atoms. The Morgan fingerprint density at radius 1 is 1.21 bits per heavy atom. The lowest BCUT2D eigenvalue weighted by Gasteiger charge is -2.38. The van der Waals surface area contributed by atoms with Crippen molar-refractivity contribution < 1.29 is 32.4 Å². The van der Waals surface area contributed by atoms with Crippen molar-refractivity contribution in [3.63, 3.8) is 0 Å². The number of nitrogens with zero attached hydrogens (tertiary/aromatic N) is 3. The zero-order valence-corrected chi connectivity index (χ0v) is 21.5. The number of hydrogen-bond donors (Lipinski definition) is 3. The van der Waals surface area contributed by atoms with Crippen molar-refractivity contribution in [2.24, 2.45) is 0 Å². The average molecular weight is 543 g/mol. The molecular weight excluding hydrogens is 514 g/mol. The number of pyridine rings is 1. The van der Waals surface area contributed by atoms with Crippen LogP contribution < -0.4 is 16.0 Å². The maximum atomic E-state index is 14.1. The van der Waals surface area contributed by atoms with Crippen LogP contribution in [0.4, 0.5) is 19.4 Å². The monoisotopic (exact) mass is 542 g/mol. The summed E-state index contributed by atoms with van der Waals surface area (Å²) in [5, 5.41) is 11.2. The first-order chi connectivity index (χ1) is 18.6. The van der Waals surface area contributed by atoms with Crippen LogP contribution >= 0.6 is 0 Å². The van der Waals surface area contributed by atoms with Crippen LogP contribution in [-0.2, 0) is 9.53 Å². The number of benzene rings is 1. The lowest BCUT2D eigenvalue weighted by Crippen LogP contribution is -2.58. The average Bonchev–Trinajstić information content (AvgIpc) is 3.34. The summed E-state index contributed by atoms with van der Waals surface area (Å²) in [6, 6.07) is 7.39. The number of aromatic nitrogens is 2. The van der Waals surface area contributed by atoms with E-state index in [0.717, 1.165) is 10.5 Å². The molecule has 0 unspecified atom stereocenters. The highest BCUT2D eigenvalue weighted by Crippen LogP contribution is 2.29. The summed E-state index contributed by atoms with van der Waals surface area (Å²) in [5.41, 5.74) is 2.43. The molecule has 13 heteroatoms. The third-order valence-corrected chi connectivity index (χ3v) is 6.19. The number of amides is 4. The molecule has 39 heavy (non-hydrogen) atoms. The second-order valence-corrected chi connectivity index (χ2v) is 9.24. The standard InChI is InChI=1S/C26H28F2N6O5/c1-15-4-6-17(7-5-15)22(32-23(35)21-16(2)11-39-33-21)24(36)31-20-10-18(8-9-29-20)19(12-38-3)34-14-26(27,28)13-30-25(34)37/h4-11,19,22H,12-14H2,1-3H3,(H,30,37)(H,32,35)(H,29,31,36)/t19-,22+/m1/s1. The molecule has 0 saturated carbocycles. The van der Waals surface area contributed by atoms with Crippen LogP contribution in [0, 0.1) is 13.8 Å². The zero-order chi connectivity index (χ0) is 28.2. The van der Waals surface area contributed by atoms with Crippen molar-refractivity contribution in [3.8, 4) is 0 Å². The first-order valence-electron chi connectivity index (χ1n) is 12.0. The Morgan fingerprint density at radius 3 is 2.62 bits per heavy atom. The molecule has 2 atom stereocenters. The van der Waals surface area contributed by atoms with Gasteiger partial charge in [0.25, 0.3) is 17.7 Å². The van der Waals surface area contributed by atoms with Gasteiger partial charge >= 0.3 is 6.03 Å². The topological polar surface area (TPSA) is 139 Å². The predicted molar refractivity (Wildman–Crippen MR) is 135 cm³/mol. The number of carbonyl (C=O) groups is 3. The number of urea groups is 1. The number of ether oxygens (including phenoxy) is 1. The van der Waals surface area contributed by atoms with E-state index in [4.69, 9.17) is 9.26 Å². The highest BCUT2D eigenvalue weighted by atomic mass is 19.3. The number of methoxy groups -OCH3 is 1. The molecule has 4 rings (SSSR count). The predicted octanol–water partition coefficient (Wildman–Crippen LogP) is 3.14. The van der Waals surface area contributed by atoms with Crippen molar-refractivity contribution in [1.82, 2.24) is 25.7 Å². The van der Waals surface area contributed by atoms with Gasteiger partial charge in [-0.05, 0) is 37.1 Å². The number of aryl methyl sites for hydroxylation is 2. The molecule has 1 aliphatic rings. The van der Waals surface area contributed by atoms with Crippen LogP contribution in [0.3, 0.4) is 0 Å². The molecule has 1 aromatic carbocycles. The minimum absolute atomic E-state index is 0.0408. The fourth-order valence-electron chi connectivity index (χ4n) is 4.15. The van der Waals surface area contributed by atoms with Gasteiger partial charge in [-0.1, -0.05) is 35.0 Å². The third kappa shape index (κ3) is 6.55. The summed E-state index contributed by atoms with van der Waals surface area (Å²) in [7, 11) is 1.39. The van der Waals surface area contributed by atoms with E-state index < -0.39 is 48.9 Å². The van der Waals surface area contributed by atoms with Gasteiger partial charge in [-0.15, -0.1) is 0 Å². The number of alkyl halides is 2. The van der Waals surface area contributed by atoms with Gasteiger partial charge in [0, 0.05) is 18.9 Å². The first-order valence-corrected chi connectivity index (χ1v) is 12.0. The largest absolute Gasteiger partial charge is 0.382 e. The molecule has 1 saturated heterocycles. The second kappa shape index (κ2) is 11.6. The Hall–Kier alpha value is -4.39. The molecule has 0 radical (unpaired) electrons. The lowest BCUT2D eigenvalue weighted by atomic mass is 10.0. The summed E-state index contributed by atoms with van der Waals surface area (Å²) in [6.07, 6.45) is 2.70. The fraction of sp³-hybridized carbons (Fsp3) is 0.346. The van der Waals surface area contributed by atoms with Gasteiger partial charge in [-0.25, -0.2) is 18.6 Å². The fourth-order valence-corrected chi connectivity index (χ4v) is 4.15. The summed E-state index contributed by atoms with van der Waals surface area (Å²) in [5.74, 6) is -4.25. The quantitative estimate of drug-likeness (QED) is 0.378. The second-order valence-electron chi connectivity index (χ2n) is 9.24. The summed E-state index contributed by atoms with van der Waals surface area (Å²) < 4.78 is 38.2. The Bertz CT molecular complexity index is 1350. The Morgan fingerprint density at radius 2 is 1.95 bits per heavy atom. The summed E-state index contributed by atoms with van der Waals surface area (Å²) >= 11 is 0. The van der Waals surface area contributed by atoms with Crippen LogP contribution in [-0.4, -0.2) is 65.6 Å². The normalized spacial score (nSPS) is 16.2. The highest BCUT2D eigenvalue weighted by Gasteiger charge is 2.42. The van der Waals surface area contributed by atoms with E-state index in [0.29, 0.717) is 16.7 Å². The molecule has 0 spiro atoms. The van der Waals surface area contributed by atoms with Crippen LogP contribution in [0.5, 0.6) is 0 Å². The lowest BCUT2D eigenvalue weighted by molar-refractivity contribution is -0.118. The molecule has 3 aromatic rings. The molecule has 3 N–H and O–H groups in total. The zero-order valence-electron chi connectivity index (χ0n) is 21.5. The SMILES string of the molecule is COC[C@H](c1ccnc(NC(=O)[C@@H](NC(=O)c2nocc2C)c2ccc(C)cc2)c1)N1CC(F)(F)CNC1=O. The molecule has 2 aromatic heterocycles. The Balaban J connectivity index is 1.59. The van der Waals surface area contributed by atoms with Crippen molar-refractivity contribution in [1.29, 1.82) is 0 Å². The number of hydrogen-bond acceptors (Lipinski definition) is 7. The van der Waals surface area contributed by atoms with E-state index in [1.807, 2.05) is 6.92 Å². The van der Waals surface area contributed by atoms with E-state index in [-0.39, 0.29) is 18.1 Å². The van der Waals surface area contributed by atoms with Crippen molar-refractivity contribution in [2.45, 2.75) is 31.9 Å². The van der Waals surface area contributed by atoms with Gasteiger partial charge in [-0.3, -0.25) is 9.59 Å². The minimum atomic E-state index is -3.12. The number of halogens is 2. The van der Waals surface area contributed by atoms with Gasteiger partial charge in [0.1, 0.15) is 18.1 Å². The maximum absolute atomic E-state index is 14.1. The molecule has 4 amide bonds. The van der Waals surface area contributed by atoms with Crippen LogP contribution in [0.15, 0.2) is 53.4 Å². The molecule has 206 valence electrons. The van der Waals surface area contributed by atoms with Crippen LogP contribution in [0.2, 0.25) is 0 Å². The van der Waals surface area contributed by atoms with Crippen LogP contribution in [0.1, 0.15) is 44.8 Å². The van der Waals surface area contributed by atoms with Crippen molar-refractivity contribution in [2.75, 3.05) is 32.1 Å². The molecule has 3 heterocycles. The summed E-state index contributed by atoms with van der Waals surface area (Å²) in [6.45, 7) is 1.93. The first kappa shape index (κ1) is 27.6. The van der Waals surface area contributed by atoms with E-state index in [9.17, 15) is 23.2 Å². The number of rotatable bonds is 9. The molecule has 1 fully saturated rings. The Kier molecular flexibility index (Phi) is 8.19. The van der Waals surface area contributed by atoms with Gasteiger partial charge < -0.3 is 30.1 Å². The number of anilines is 1. The van der Waals surface area contributed by atoms with E-state index in [1.165, 1.54) is 25.6 Å². The van der Waals surface area contributed by atoms with Crippen molar-refractivity contribution >= 4 is 23.7 Å². The maximum Gasteiger partial charge on any atom is 0.318 e. The van der Waals surface area contributed by atoms with Gasteiger partial charge in [0.2, 0.25) is 0 Å². The Labute approximate surface area is 222 Å².